The molecule has 0 aliphatic heterocycles. The molecule has 0 atom stereocenters. The standard InChI is InChI=1S/C3H6.2CH3.Sn/c1-3-2;;;/h3H,1H2,2H3;2*1H3;/q;;;+2. The van der Waals surface area contributed by atoms with Crippen LogP contribution in [-0.4, -0.2) is 21.1 Å². The van der Waals surface area contributed by atoms with Crippen LogP contribution in [0.25, 0.3) is 0 Å². The second kappa shape index (κ2) is 17.7. The van der Waals surface area contributed by atoms with E-state index in [0.29, 0.717) is 0 Å². The molecular weight excluding hydrogens is 179 g/mol. The Balaban J connectivity index is 0. The summed E-state index contributed by atoms with van der Waals surface area (Å²) in [4.78, 5) is 4.59. The zero-order valence-corrected chi connectivity index (χ0v) is 7.64. The first-order valence-electron chi connectivity index (χ1n) is 1.99. The Morgan fingerprint density at radius 3 is 1.50 bits per heavy atom. The third-order valence-electron chi connectivity index (χ3n) is 0. The van der Waals surface area contributed by atoms with Crippen LogP contribution < -0.4 is 0 Å². The summed E-state index contributed by atoms with van der Waals surface area (Å²) >= 11 is 0.230. The summed E-state index contributed by atoms with van der Waals surface area (Å²) in [7, 11) is 0. The number of hydrogen-bond acceptors (Lipinski definition) is 0. The van der Waals surface area contributed by atoms with Gasteiger partial charge in [-0.2, -0.15) is 0 Å². The van der Waals surface area contributed by atoms with Gasteiger partial charge in [0.25, 0.3) is 0 Å². The average Bonchev–Trinajstić information content (AvgIpc) is 1.39. The molecule has 0 aromatic heterocycles. The van der Waals surface area contributed by atoms with E-state index in [1.54, 1.807) is 6.08 Å². The molecule has 0 aromatic carbocycles. The molecule has 0 fully saturated rings. The Kier molecular flexibility index (Phi) is 28.7. The molecule has 0 nitrogen and oxygen atoms in total. The predicted octanol–water partition coefficient (Wildman–Crippen LogP) is 1.98. The molecule has 0 N–H and O–H groups in total. The predicted molar refractivity (Wildman–Crippen MR) is 33.4 cm³/mol. The van der Waals surface area contributed by atoms with Crippen LogP contribution in [0.4, 0.5) is 0 Å². The Labute approximate surface area is 50.9 Å². The van der Waals surface area contributed by atoms with Gasteiger partial charge in [0, 0.05) is 0 Å². The summed E-state index contributed by atoms with van der Waals surface area (Å²) in [5.74, 6) is 0. The molecule has 6 heavy (non-hydrogen) atoms. The van der Waals surface area contributed by atoms with Crippen LogP contribution in [0.3, 0.4) is 0 Å². The molecule has 0 amide bonds. The third-order valence-corrected chi connectivity index (χ3v) is 0. The van der Waals surface area contributed by atoms with Crippen LogP contribution in [0.15, 0.2) is 12.7 Å². The maximum absolute atomic E-state index is 3.36. The van der Waals surface area contributed by atoms with Crippen molar-refractivity contribution in [2.45, 2.75) is 16.8 Å². The molecule has 0 aromatic rings. The number of hydrogen-bond donors (Lipinski definition) is 0. The van der Waals surface area contributed by atoms with Gasteiger partial charge < -0.3 is 0 Å². The van der Waals surface area contributed by atoms with Crippen LogP contribution in [0.5, 0.6) is 0 Å². The van der Waals surface area contributed by atoms with E-state index in [9.17, 15) is 0 Å². The fraction of sp³-hybridized carbons (Fsp3) is 0.600. The number of rotatable bonds is 0. The van der Waals surface area contributed by atoms with Gasteiger partial charge in [-0.1, -0.05) is 6.08 Å². The zero-order chi connectivity index (χ0) is 5.41. The first-order valence-corrected chi connectivity index (χ1v) is 7.69. The molecule has 0 radical (unpaired) electrons. The minimum absolute atomic E-state index is 0.230. The molecular formula is C5H12Sn+2. The van der Waals surface area contributed by atoms with E-state index in [0.717, 1.165) is 0 Å². The van der Waals surface area contributed by atoms with Gasteiger partial charge in [0.2, 0.25) is 0 Å². The molecule has 0 spiro atoms. The Hall–Kier alpha value is 0.539. The van der Waals surface area contributed by atoms with Crippen LogP contribution in [0.2, 0.25) is 9.88 Å². The van der Waals surface area contributed by atoms with Crippen molar-refractivity contribution in [1.29, 1.82) is 0 Å². The fourth-order valence-corrected chi connectivity index (χ4v) is 0. The van der Waals surface area contributed by atoms with Gasteiger partial charge in [-0.3, -0.25) is 0 Å². The van der Waals surface area contributed by atoms with Gasteiger partial charge in [0.05, 0.1) is 0 Å². The molecule has 1 heteroatoms. The maximum atomic E-state index is 3.36. The van der Waals surface area contributed by atoms with Crippen molar-refractivity contribution < 1.29 is 0 Å². The first-order chi connectivity index (χ1) is 2.83. The van der Waals surface area contributed by atoms with Crippen molar-refractivity contribution in [2.24, 2.45) is 0 Å². The number of allylic oxidation sites excluding steroid dienone is 1. The SMILES string of the molecule is C=CC.[CH3][Sn+2][CH3]. The third kappa shape index (κ3) is 196. The zero-order valence-electron chi connectivity index (χ0n) is 4.78. The summed E-state index contributed by atoms with van der Waals surface area (Å²) in [6, 6.07) is 0. The first kappa shape index (κ1) is 9.74. The van der Waals surface area contributed by atoms with E-state index in [1.807, 2.05) is 6.92 Å². The quantitative estimate of drug-likeness (QED) is 0.405. The van der Waals surface area contributed by atoms with Gasteiger partial charge >= 0.3 is 31.0 Å². The Morgan fingerprint density at radius 1 is 1.50 bits per heavy atom. The normalized spacial score (nSPS) is 3.83. The molecule has 34 valence electrons. The van der Waals surface area contributed by atoms with E-state index >= 15 is 0 Å². The Bertz CT molecular complexity index is 17.9. The van der Waals surface area contributed by atoms with Crippen molar-refractivity contribution in [3.8, 4) is 0 Å². The molecule has 0 unspecified atom stereocenters. The molecule has 0 aliphatic carbocycles. The molecule has 0 rings (SSSR count). The van der Waals surface area contributed by atoms with E-state index in [1.165, 1.54) is 0 Å². The van der Waals surface area contributed by atoms with Crippen LogP contribution in [0.1, 0.15) is 6.92 Å². The topological polar surface area (TPSA) is 0 Å². The van der Waals surface area contributed by atoms with Crippen LogP contribution >= 0.6 is 0 Å². The van der Waals surface area contributed by atoms with E-state index in [2.05, 4.69) is 16.5 Å². The van der Waals surface area contributed by atoms with Crippen molar-refractivity contribution in [3.63, 3.8) is 0 Å². The molecule has 0 bridgehead atoms. The second-order valence-corrected chi connectivity index (χ2v) is 3.76. The van der Waals surface area contributed by atoms with E-state index < -0.39 is 0 Å². The second-order valence-electron chi connectivity index (χ2n) is 0.908. The van der Waals surface area contributed by atoms with Gasteiger partial charge in [-0.05, 0) is 6.92 Å². The van der Waals surface area contributed by atoms with E-state index in [-0.39, 0.29) is 21.1 Å². The van der Waals surface area contributed by atoms with Crippen molar-refractivity contribution in [1.82, 2.24) is 0 Å². The monoisotopic (exact) mass is 192 g/mol. The van der Waals surface area contributed by atoms with Crippen LogP contribution in [0, 0.1) is 0 Å². The molecule has 0 heterocycles. The molecule has 0 saturated carbocycles. The van der Waals surface area contributed by atoms with Gasteiger partial charge in [0.1, 0.15) is 0 Å². The summed E-state index contributed by atoms with van der Waals surface area (Å²) in [5, 5.41) is 0. The molecule has 0 saturated heterocycles. The van der Waals surface area contributed by atoms with Gasteiger partial charge in [-0.15, -0.1) is 6.58 Å². The summed E-state index contributed by atoms with van der Waals surface area (Å²) in [6.45, 7) is 5.25. The fourth-order valence-electron chi connectivity index (χ4n) is 0. The van der Waals surface area contributed by atoms with Gasteiger partial charge in [0.15, 0.2) is 0 Å². The van der Waals surface area contributed by atoms with E-state index in [4.69, 9.17) is 0 Å². The summed E-state index contributed by atoms with van der Waals surface area (Å²) < 4.78 is 0. The van der Waals surface area contributed by atoms with Crippen LogP contribution in [-0.2, 0) is 0 Å². The summed E-state index contributed by atoms with van der Waals surface area (Å²) in [6.07, 6.45) is 1.75. The van der Waals surface area contributed by atoms with Gasteiger partial charge in [-0.25, -0.2) is 0 Å². The van der Waals surface area contributed by atoms with Crippen molar-refractivity contribution in [2.75, 3.05) is 0 Å². The average molecular weight is 191 g/mol. The summed E-state index contributed by atoms with van der Waals surface area (Å²) in [5.41, 5.74) is 0. The van der Waals surface area contributed by atoms with Crippen molar-refractivity contribution in [3.05, 3.63) is 12.7 Å². The Morgan fingerprint density at radius 2 is 1.50 bits per heavy atom. The van der Waals surface area contributed by atoms with Crippen molar-refractivity contribution >= 4 is 21.1 Å². The molecule has 0 aliphatic rings. The minimum atomic E-state index is 0.230.